The predicted octanol–water partition coefficient (Wildman–Crippen LogP) is 3.57. The van der Waals surface area contributed by atoms with E-state index in [0.29, 0.717) is 24.1 Å². The van der Waals surface area contributed by atoms with Crippen LogP contribution in [-0.4, -0.2) is 43.7 Å². The Morgan fingerprint density at radius 3 is 2.63 bits per heavy atom. The molecule has 4 rings (SSSR count). The smallest absolute Gasteiger partial charge is 0.237 e. The topological polar surface area (TPSA) is 75.4 Å². The molecule has 0 saturated heterocycles. The van der Waals surface area contributed by atoms with E-state index in [-0.39, 0.29) is 17.9 Å². The fraction of sp³-hybridized carbons (Fsp3) is 0.375. The molecule has 30 heavy (non-hydrogen) atoms. The van der Waals surface area contributed by atoms with Crippen LogP contribution in [0.3, 0.4) is 0 Å². The molecule has 1 aliphatic carbocycles. The van der Waals surface area contributed by atoms with Crippen molar-refractivity contribution in [1.82, 2.24) is 15.6 Å². The van der Waals surface area contributed by atoms with Gasteiger partial charge in [0.05, 0.1) is 20.3 Å². The Morgan fingerprint density at radius 2 is 1.90 bits per heavy atom. The second kappa shape index (κ2) is 8.79. The average Bonchev–Trinajstić information content (AvgIpc) is 3.49. The molecule has 0 bridgehead atoms. The number of fused-ring (bicyclic) bond motifs is 1. The van der Waals surface area contributed by atoms with Crippen LogP contribution in [0.25, 0.3) is 10.9 Å². The molecule has 0 spiro atoms. The molecule has 0 unspecified atom stereocenters. The molecule has 1 heterocycles. The lowest BCUT2D eigenvalue weighted by Gasteiger charge is -2.23. The zero-order valence-electron chi connectivity index (χ0n) is 17.7. The van der Waals surface area contributed by atoms with E-state index >= 15 is 0 Å². The largest absolute Gasteiger partial charge is 0.493 e. The minimum atomic E-state index is -0.282. The molecule has 2 aromatic carbocycles. The highest BCUT2D eigenvalue weighted by molar-refractivity contribution is 5.84. The van der Waals surface area contributed by atoms with E-state index in [0.717, 1.165) is 34.9 Å². The Hall–Kier alpha value is -2.99. The fourth-order valence-electron chi connectivity index (χ4n) is 3.90. The molecule has 1 fully saturated rings. The maximum Gasteiger partial charge on any atom is 0.237 e. The highest BCUT2D eigenvalue weighted by Gasteiger charge is 2.27. The van der Waals surface area contributed by atoms with E-state index < -0.39 is 0 Å². The van der Waals surface area contributed by atoms with Crippen LogP contribution in [0.15, 0.2) is 48.7 Å². The van der Waals surface area contributed by atoms with Gasteiger partial charge in [0.15, 0.2) is 11.5 Å². The van der Waals surface area contributed by atoms with Gasteiger partial charge in [0.2, 0.25) is 5.91 Å². The zero-order valence-corrected chi connectivity index (χ0v) is 17.7. The van der Waals surface area contributed by atoms with Crippen LogP contribution in [0.4, 0.5) is 0 Å². The van der Waals surface area contributed by atoms with Crippen LogP contribution in [0.2, 0.25) is 0 Å². The van der Waals surface area contributed by atoms with Crippen molar-refractivity contribution in [2.45, 2.75) is 37.8 Å². The summed E-state index contributed by atoms with van der Waals surface area (Å²) in [6.45, 7) is 2.50. The van der Waals surface area contributed by atoms with Gasteiger partial charge < -0.3 is 25.1 Å². The number of carbonyl (C=O) groups is 1. The number of nitrogens with one attached hydrogen (secondary N) is 3. The molecule has 6 nitrogen and oxygen atoms in total. The van der Waals surface area contributed by atoms with Crippen molar-refractivity contribution in [3.63, 3.8) is 0 Å². The normalized spacial score (nSPS) is 15.6. The minimum absolute atomic E-state index is 0.0256. The van der Waals surface area contributed by atoms with Crippen LogP contribution in [0.5, 0.6) is 11.5 Å². The molecule has 3 aromatic rings. The van der Waals surface area contributed by atoms with Gasteiger partial charge in [-0.15, -0.1) is 0 Å². The summed E-state index contributed by atoms with van der Waals surface area (Å²) in [5, 5.41) is 7.66. The Kier molecular flexibility index (Phi) is 5.95. The fourth-order valence-corrected chi connectivity index (χ4v) is 3.90. The average molecular weight is 408 g/mol. The van der Waals surface area contributed by atoms with Crippen molar-refractivity contribution >= 4 is 16.8 Å². The molecule has 3 N–H and O–H groups in total. The number of hydrogen-bond acceptors (Lipinski definition) is 4. The maximum atomic E-state index is 12.4. The van der Waals surface area contributed by atoms with Crippen molar-refractivity contribution in [3.8, 4) is 11.5 Å². The number of amides is 1. The monoisotopic (exact) mass is 407 g/mol. The number of H-pyrrole nitrogens is 1. The summed E-state index contributed by atoms with van der Waals surface area (Å²) in [7, 11) is 3.30. The maximum absolute atomic E-state index is 12.4. The highest BCUT2D eigenvalue weighted by Crippen LogP contribution is 2.40. The molecular formula is C24H29N3O3. The van der Waals surface area contributed by atoms with E-state index in [1.807, 2.05) is 37.4 Å². The van der Waals surface area contributed by atoms with Crippen molar-refractivity contribution in [3.05, 3.63) is 59.8 Å². The summed E-state index contributed by atoms with van der Waals surface area (Å²) >= 11 is 0. The molecule has 2 atom stereocenters. The number of ether oxygens (including phenoxy) is 2. The van der Waals surface area contributed by atoms with Gasteiger partial charge in [0.1, 0.15) is 0 Å². The summed E-state index contributed by atoms with van der Waals surface area (Å²) in [6, 6.07) is 14.2. The first-order valence-corrected chi connectivity index (χ1v) is 10.4. The zero-order chi connectivity index (χ0) is 21.1. The van der Waals surface area contributed by atoms with Gasteiger partial charge >= 0.3 is 0 Å². The number of rotatable bonds is 9. The molecule has 1 aromatic heterocycles. The number of aromatic amines is 1. The lowest BCUT2D eigenvalue weighted by Crippen LogP contribution is -2.44. The third-order valence-corrected chi connectivity index (χ3v) is 5.75. The first kappa shape index (κ1) is 20.3. The summed E-state index contributed by atoms with van der Waals surface area (Å²) < 4.78 is 11.3. The first-order chi connectivity index (χ1) is 14.6. The summed E-state index contributed by atoms with van der Waals surface area (Å²) in [4.78, 5) is 15.8. The third-order valence-electron chi connectivity index (χ3n) is 5.75. The molecule has 1 saturated carbocycles. The number of para-hydroxylation sites is 2. The van der Waals surface area contributed by atoms with E-state index in [9.17, 15) is 4.79 Å². The van der Waals surface area contributed by atoms with Gasteiger partial charge in [0.25, 0.3) is 0 Å². The second-order valence-electron chi connectivity index (χ2n) is 7.84. The molecule has 0 radical (unpaired) electrons. The van der Waals surface area contributed by atoms with Gasteiger partial charge in [0, 0.05) is 41.2 Å². The minimum Gasteiger partial charge on any atom is -0.493 e. The van der Waals surface area contributed by atoms with Gasteiger partial charge in [-0.2, -0.15) is 0 Å². The molecule has 6 heteroatoms. The van der Waals surface area contributed by atoms with Gasteiger partial charge in [-0.25, -0.2) is 0 Å². The first-order valence-electron chi connectivity index (χ1n) is 10.4. The number of carbonyl (C=O) groups excluding carboxylic acids is 1. The van der Waals surface area contributed by atoms with Crippen LogP contribution in [0, 0.1) is 0 Å². The standard InChI is InChI=1S/C24H29N3O3/c1-15(24(28)27-16-11-12-16)25-13-20(18-8-6-10-22(29-2)23(18)30-3)19-14-26-21-9-5-4-7-17(19)21/h4-10,14-16,20,25-26H,11-13H2,1-3H3,(H,27,28)/t15-,20+/m0/s1. The Labute approximate surface area is 177 Å². The van der Waals surface area contributed by atoms with Crippen LogP contribution in [0.1, 0.15) is 36.8 Å². The highest BCUT2D eigenvalue weighted by atomic mass is 16.5. The lowest BCUT2D eigenvalue weighted by molar-refractivity contribution is -0.122. The predicted molar refractivity (Wildman–Crippen MR) is 118 cm³/mol. The van der Waals surface area contributed by atoms with Crippen molar-refractivity contribution in [2.75, 3.05) is 20.8 Å². The Balaban J connectivity index is 1.67. The number of methoxy groups -OCH3 is 2. The van der Waals surface area contributed by atoms with E-state index in [1.165, 1.54) is 0 Å². The van der Waals surface area contributed by atoms with Crippen LogP contribution in [-0.2, 0) is 4.79 Å². The quantitative estimate of drug-likeness (QED) is 0.507. The summed E-state index contributed by atoms with van der Waals surface area (Å²) in [6.07, 6.45) is 4.21. The van der Waals surface area contributed by atoms with Crippen LogP contribution >= 0.6 is 0 Å². The number of benzene rings is 2. The van der Waals surface area contributed by atoms with Crippen LogP contribution < -0.4 is 20.1 Å². The van der Waals surface area contributed by atoms with E-state index in [2.05, 4.69) is 33.8 Å². The summed E-state index contributed by atoms with van der Waals surface area (Å²) in [5.74, 6) is 1.43. The molecular weight excluding hydrogens is 378 g/mol. The van der Waals surface area contributed by atoms with Crippen molar-refractivity contribution in [1.29, 1.82) is 0 Å². The lowest BCUT2D eigenvalue weighted by atomic mass is 9.89. The van der Waals surface area contributed by atoms with Gasteiger partial charge in [-0.1, -0.05) is 30.3 Å². The van der Waals surface area contributed by atoms with Gasteiger partial charge in [-0.3, -0.25) is 4.79 Å². The third kappa shape index (κ3) is 4.14. The molecule has 158 valence electrons. The van der Waals surface area contributed by atoms with Crippen molar-refractivity contribution in [2.24, 2.45) is 0 Å². The number of aromatic nitrogens is 1. The second-order valence-corrected chi connectivity index (χ2v) is 7.84. The van der Waals surface area contributed by atoms with E-state index in [1.54, 1.807) is 14.2 Å². The molecule has 1 aliphatic rings. The number of hydrogen-bond donors (Lipinski definition) is 3. The van der Waals surface area contributed by atoms with E-state index in [4.69, 9.17) is 9.47 Å². The molecule has 0 aliphatic heterocycles. The Bertz CT molecular complexity index is 1030. The van der Waals surface area contributed by atoms with Gasteiger partial charge in [-0.05, 0) is 37.5 Å². The van der Waals surface area contributed by atoms with Crippen molar-refractivity contribution < 1.29 is 14.3 Å². The molecule has 1 amide bonds. The SMILES string of the molecule is COc1cccc([C@@H](CN[C@@H](C)C(=O)NC2CC2)c2c[nH]c3ccccc23)c1OC. The summed E-state index contributed by atoms with van der Waals surface area (Å²) in [5.41, 5.74) is 3.25. The Morgan fingerprint density at radius 1 is 1.10 bits per heavy atom.